The first-order chi connectivity index (χ1) is 5.27. The van der Waals surface area contributed by atoms with Crippen LogP contribution in [0.1, 0.15) is 10.4 Å². The van der Waals surface area contributed by atoms with Crippen molar-refractivity contribution in [3.05, 3.63) is 27.3 Å². The van der Waals surface area contributed by atoms with Gasteiger partial charge in [-0.3, -0.25) is 4.79 Å². The van der Waals surface area contributed by atoms with E-state index in [1.807, 2.05) is 18.2 Å². The largest absolute Gasteiger partial charge is 0.293 e. The topological polar surface area (TPSA) is 17.1 Å². The van der Waals surface area contributed by atoms with Gasteiger partial charge in [0.25, 0.3) is 0 Å². The number of rotatable bonds is 0. The number of carbonyl (C=O) groups is 1. The number of hydrogen-bond acceptors (Lipinski definition) is 2. The summed E-state index contributed by atoms with van der Waals surface area (Å²) in [6.45, 7) is 0. The standard InChI is InChI=1S/C8H5IOS/c9-5-1-2-8-6(3-5)7(10)4-11-8/h1-3H,4H2. The normalized spacial score (nSPS) is 15.2. The van der Waals surface area contributed by atoms with E-state index in [1.165, 1.54) is 0 Å². The Morgan fingerprint density at radius 3 is 3.09 bits per heavy atom. The summed E-state index contributed by atoms with van der Waals surface area (Å²) in [5, 5.41) is 0. The Morgan fingerprint density at radius 2 is 2.27 bits per heavy atom. The van der Waals surface area contributed by atoms with Crippen molar-refractivity contribution < 1.29 is 4.79 Å². The fraction of sp³-hybridized carbons (Fsp3) is 0.125. The van der Waals surface area contributed by atoms with Crippen LogP contribution in [-0.2, 0) is 0 Å². The summed E-state index contributed by atoms with van der Waals surface area (Å²) in [6.07, 6.45) is 0. The molecule has 0 fully saturated rings. The zero-order chi connectivity index (χ0) is 7.84. The maximum Gasteiger partial charge on any atom is 0.174 e. The van der Waals surface area contributed by atoms with Crippen molar-refractivity contribution in [2.45, 2.75) is 4.90 Å². The molecule has 0 atom stereocenters. The Labute approximate surface area is 82.7 Å². The molecule has 1 nitrogen and oxygen atoms in total. The van der Waals surface area contributed by atoms with Crippen molar-refractivity contribution in [3.8, 4) is 0 Å². The smallest absolute Gasteiger partial charge is 0.174 e. The highest BCUT2D eigenvalue weighted by atomic mass is 127. The number of halogens is 1. The molecule has 1 aliphatic rings. The number of hydrogen-bond donors (Lipinski definition) is 0. The molecule has 1 aromatic rings. The van der Waals surface area contributed by atoms with Gasteiger partial charge in [0, 0.05) is 14.0 Å². The van der Waals surface area contributed by atoms with Crippen LogP contribution in [0.15, 0.2) is 23.1 Å². The lowest BCUT2D eigenvalue weighted by Gasteiger charge is -1.95. The Hall–Kier alpha value is -0.0300. The third-order valence-corrected chi connectivity index (χ3v) is 3.35. The molecule has 0 saturated heterocycles. The molecule has 0 aliphatic carbocycles. The monoisotopic (exact) mass is 276 g/mol. The van der Waals surface area contributed by atoms with Gasteiger partial charge in [-0.15, -0.1) is 11.8 Å². The summed E-state index contributed by atoms with van der Waals surface area (Å²) in [7, 11) is 0. The van der Waals surface area contributed by atoms with Crippen LogP contribution < -0.4 is 0 Å². The fourth-order valence-corrected chi connectivity index (χ4v) is 2.49. The first kappa shape index (κ1) is 7.61. The van der Waals surface area contributed by atoms with Crippen molar-refractivity contribution in [3.63, 3.8) is 0 Å². The summed E-state index contributed by atoms with van der Waals surface area (Å²) >= 11 is 3.85. The molecule has 0 radical (unpaired) electrons. The fourth-order valence-electron chi connectivity index (χ4n) is 1.07. The SMILES string of the molecule is O=C1CSc2ccc(I)cc21. The zero-order valence-corrected chi connectivity index (χ0v) is 8.61. The quantitative estimate of drug-likeness (QED) is 0.677. The second-order valence-electron chi connectivity index (χ2n) is 2.35. The number of thioether (sulfide) groups is 1. The van der Waals surface area contributed by atoms with Crippen molar-refractivity contribution in [2.24, 2.45) is 0 Å². The van der Waals surface area contributed by atoms with Crippen LogP contribution in [0.25, 0.3) is 0 Å². The van der Waals surface area contributed by atoms with Gasteiger partial charge in [-0.25, -0.2) is 0 Å². The van der Waals surface area contributed by atoms with Gasteiger partial charge >= 0.3 is 0 Å². The Bertz CT molecular complexity index is 322. The summed E-state index contributed by atoms with van der Waals surface area (Å²) in [6, 6.07) is 6.01. The summed E-state index contributed by atoms with van der Waals surface area (Å²) in [5.74, 6) is 0.888. The third kappa shape index (κ3) is 1.31. The molecular formula is C8H5IOS. The van der Waals surface area contributed by atoms with E-state index in [-0.39, 0.29) is 5.78 Å². The highest BCUT2D eigenvalue weighted by molar-refractivity contribution is 14.1. The van der Waals surface area contributed by atoms with Gasteiger partial charge in [0.05, 0.1) is 5.75 Å². The van der Waals surface area contributed by atoms with Crippen LogP contribution in [0.3, 0.4) is 0 Å². The number of ketones is 1. The second-order valence-corrected chi connectivity index (χ2v) is 4.62. The molecule has 3 heteroatoms. The minimum absolute atomic E-state index is 0.267. The molecule has 0 spiro atoms. The van der Waals surface area contributed by atoms with Crippen molar-refractivity contribution in [1.82, 2.24) is 0 Å². The Morgan fingerprint density at radius 1 is 1.45 bits per heavy atom. The molecule has 0 amide bonds. The second kappa shape index (κ2) is 2.79. The number of fused-ring (bicyclic) bond motifs is 1. The van der Waals surface area contributed by atoms with E-state index in [1.54, 1.807) is 11.8 Å². The maximum absolute atomic E-state index is 11.2. The van der Waals surface area contributed by atoms with E-state index in [2.05, 4.69) is 22.6 Å². The van der Waals surface area contributed by atoms with E-state index in [4.69, 9.17) is 0 Å². The van der Waals surface area contributed by atoms with Gasteiger partial charge in [0.1, 0.15) is 0 Å². The molecule has 0 bridgehead atoms. The van der Waals surface area contributed by atoms with Gasteiger partial charge in [-0.1, -0.05) is 0 Å². The van der Waals surface area contributed by atoms with E-state index >= 15 is 0 Å². The highest BCUT2D eigenvalue weighted by Gasteiger charge is 2.19. The van der Waals surface area contributed by atoms with Crippen molar-refractivity contribution in [2.75, 3.05) is 5.75 Å². The molecule has 1 heterocycles. The predicted molar refractivity (Wildman–Crippen MR) is 54.2 cm³/mol. The average Bonchev–Trinajstić information content (AvgIpc) is 2.33. The van der Waals surface area contributed by atoms with Crippen LogP contribution in [0.5, 0.6) is 0 Å². The van der Waals surface area contributed by atoms with Crippen molar-refractivity contribution >= 4 is 40.1 Å². The lowest BCUT2D eigenvalue weighted by atomic mass is 10.2. The summed E-state index contributed by atoms with van der Waals surface area (Å²) in [4.78, 5) is 12.3. The first-order valence-corrected chi connectivity index (χ1v) is 5.29. The molecule has 0 saturated carbocycles. The zero-order valence-electron chi connectivity index (χ0n) is 5.63. The van der Waals surface area contributed by atoms with Crippen LogP contribution >= 0.6 is 34.4 Å². The first-order valence-electron chi connectivity index (χ1n) is 3.23. The lowest BCUT2D eigenvalue weighted by molar-refractivity contribution is 0.102. The summed E-state index contributed by atoms with van der Waals surface area (Å²) in [5.41, 5.74) is 0.905. The number of carbonyl (C=O) groups excluding carboxylic acids is 1. The van der Waals surface area contributed by atoms with Crippen LogP contribution in [0.2, 0.25) is 0 Å². The van der Waals surface area contributed by atoms with Gasteiger partial charge in [-0.2, -0.15) is 0 Å². The van der Waals surface area contributed by atoms with Crippen LogP contribution in [0, 0.1) is 3.57 Å². The summed E-state index contributed by atoms with van der Waals surface area (Å²) < 4.78 is 1.14. The van der Waals surface area contributed by atoms with Gasteiger partial charge < -0.3 is 0 Å². The molecule has 56 valence electrons. The maximum atomic E-state index is 11.2. The van der Waals surface area contributed by atoms with Gasteiger partial charge in [-0.05, 0) is 40.8 Å². The highest BCUT2D eigenvalue weighted by Crippen LogP contribution is 2.31. The van der Waals surface area contributed by atoms with Crippen LogP contribution in [-0.4, -0.2) is 11.5 Å². The van der Waals surface area contributed by atoms with Gasteiger partial charge in [0.15, 0.2) is 5.78 Å². The molecule has 0 aromatic heterocycles. The predicted octanol–water partition coefficient (Wildman–Crippen LogP) is 2.58. The van der Waals surface area contributed by atoms with Crippen LogP contribution in [0.4, 0.5) is 0 Å². The molecule has 1 aliphatic heterocycles. The van der Waals surface area contributed by atoms with Crippen molar-refractivity contribution in [1.29, 1.82) is 0 Å². The van der Waals surface area contributed by atoms with Gasteiger partial charge in [0.2, 0.25) is 0 Å². The average molecular weight is 276 g/mol. The molecule has 1 aromatic carbocycles. The number of Topliss-reactive ketones (excluding diaryl/α,β-unsaturated/α-hetero) is 1. The van der Waals surface area contributed by atoms with E-state index in [0.29, 0.717) is 5.75 Å². The minimum Gasteiger partial charge on any atom is -0.293 e. The molecule has 2 rings (SSSR count). The molecule has 0 unspecified atom stereocenters. The van der Waals surface area contributed by atoms with E-state index in [9.17, 15) is 4.79 Å². The molecule has 0 N–H and O–H groups in total. The third-order valence-electron chi connectivity index (χ3n) is 1.60. The Kier molecular flexibility index (Phi) is 1.93. The molecule has 11 heavy (non-hydrogen) atoms. The Balaban J connectivity index is 2.60. The number of benzene rings is 1. The van der Waals surface area contributed by atoms with E-state index in [0.717, 1.165) is 14.0 Å². The molecular weight excluding hydrogens is 271 g/mol. The lowest BCUT2D eigenvalue weighted by Crippen LogP contribution is -1.94. The van der Waals surface area contributed by atoms with E-state index < -0.39 is 0 Å². The minimum atomic E-state index is 0.267.